The number of esters is 3. The molecular formula is C22H47N5O6. The molecule has 0 spiro atoms. The Morgan fingerprint density at radius 1 is 0.667 bits per heavy atom. The number of carbonyl (C=O) groups is 3. The summed E-state index contributed by atoms with van der Waals surface area (Å²) in [6.45, 7) is 11.2. The molecule has 1 aliphatic rings. The molecule has 1 heterocycles. The average molecular weight is 478 g/mol. The predicted molar refractivity (Wildman–Crippen MR) is 129 cm³/mol. The molecule has 2 N–H and O–H groups in total. The molecule has 0 unspecified atom stereocenters. The molecule has 1 aliphatic heterocycles. The minimum absolute atomic E-state index is 0. The molecular weight excluding hydrogens is 430 g/mol. The average Bonchev–Trinajstić information content (AvgIpc) is 2.85. The summed E-state index contributed by atoms with van der Waals surface area (Å²) in [6, 6.07) is 0. The van der Waals surface area contributed by atoms with Crippen molar-refractivity contribution in [2.75, 3.05) is 106 Å². The van der Waals surface area contributed by atoms with Crippen LogP contribution in [0.2, 0.25) is 0 Å². The maximum Gasteiger partial charge on any atom is 0.306 e. The lowest BCUT2D eigenvalue weighted by Crippen LogP contribution is -2.50. The molecule has 0 atom stereocenters. The number of ether oxygens (including phenoxy) is 3. The first-order valence-electron chi connectivity index (χ1n) is 11.8. The molecule has 0 aliphatic carbocycles. The Morgan fingerprint density at radius 3 is 1.64 bits per heavy atom. The van der Waals surface area contributed by atoms with E-state index in [1.54, 1.807) is 0 Å². The number of methoxy groups -OCH3 is 3. The lowest BCUT2D eigenvalue weighted by atomic mass is 10.3. The largest absolute Gasteiger partial charge is 0.469 e. The van der Waals surface area contributed by atoms with Gasteiger partial charge in [-0.25, -0.2) is 0 Å². The summed E-state index contributed by atoms with van der Waals surface area (Å²) in [5, 5.41) is 6.64. The van der Waals surface area contributed by atoms with Crippen LogP contribution in [0.4, 0.5) is 0 Å². The predicted octanol–water partition coefficient (Wildman–Crippen LogP) is -0.733. The number of rotatable bonds is 18. The summed E-state index contributed by atoms with van der Waals surface area (Å²) in [5.41, 5.74) is 0. The van der Waals surface area contributed by atoms with Gasteiger partial charge < -0.3 is 29.7 Å². The van der Waals surface area contributed by atoms with E-state index in [2.05, 4.69) is 30.1 Å². The maximum atomic E-state index is 11.5. The van der Waals surface area contributed by atoms with Gasteiger partial charge in [-0.2, -0.15) is 0 Å². The van der Waals surface area contributed by atoms with Gasteiger partial charge in [0.2, 0.25) is 0 Å². The van der Waals surface area contributed by atoms with Crippen LogP contribution in [0, 0.1) is 0 Å². The summed E-state index contributed by atoms with van der Waals surface area (Å²) < 4.78 is 14.1. The van der Waals surface area contributed by atoms with Gasteiger partial charge in [-0.1, -0.05) is 0 Å². The molecule has 11 heteroatoms. The molecule has 1 fully saturated rings. The lowest BCUT2D eigenvalue weighted by molar-refractivity contribution is -0.142. The van der Waals surface area contributed by atoms with Gasteiger partial charge in [0.15, 0.2) is 0 Å². The van der Waals surface area contributed by atoms with E-state index in [1.807, 2.05) is 0 Å². The van der Waals surface area contributed by atoms with E-state index < -0.39 is 0 Å². The van der Waals surface area contributed by atoms with E-state index in [0.29, 0.717) is 38.9 Å². The molecule has 11 nitrogen and oxygen atoms in total. The van der Waals surface area contributed by atoms with Crippen molar-refractivity contribution in [3.8, 4) is 0 Å². The second-order valence-electron chi connectivity index (χ2n) is 8.00. The third kappa shape index (κ3) is 14.9. The highest BCUT2D eigenvalue weighted by Crippen LogP contribution is 2.03. The molecule has 0 saturated carbocycles. The molecule has 0 aromatic heterocycles. The summed E-state index contributed by atoms with van der Waals surface area (Å²) in [7, 11) is 4.18. The number of hydrogen-bond acceptors (Lipinski definition) is 11. The smallest absolute Gasteiger partial charge is 0.306 e. The first-order chi connectivity index (χ1) is 16.0. The van der Waals surface area contributed by atoms with Gasteiger partial charge in [0.25, 0.3) is 0 Å². The summed E-state index contributed by atoms with van der Waals surface area (Å²) in [5.74, 6) is -0.667. The van der Waals surface area contributed by atoms with Crippen molar-refractivity contribution in [2.45, 2.75) is 19.3 Å². The summed E-state index contributed by atoms with van der Waals surface area (Å²) >= 11 is 0. The third-order valence-corrected chi connectivity index (χ3v) is 5.73. The first-order valence-corrected chi connectivity index (χ1v) is 11.8. The monoisotopic (exact) mass is 477 g/mol. The van der Waals surface area contributed by atoms with Crippen molar-refractivity contribution < 1.29 is 31.4 Å². The zero-order chi connectivity index (χ0) is 24.3. The molecule has 0 amide bonds. The van der Waals surface area contributed by atoms with Crippen LogP contribution < -0.4 is 10.6 Å². The van der Waals surface area contributed by atoms with Gasteiger partial charge >= 0.3 is 17.9 Å². The highest BCUT2D eigenvalue weighted by Gasteiger charge is 2.18. The lowest BCUT2D eigenvalue weighted by Gasteiger charge is -2.35. The molecule has 0 aromatic carbocycles. The summed E-state index contributed by atoms with van der Waals surface area (Å²) in [6.07, 6.45) is 1.04. The Kier molecular flexibility index (Phi) is 16.5. The number of nitrogens with one attached hydrogen (secondary N) is 2. The van der Waals surface area contributed by atoms with E-state index in [1.165, 1.54) is 21.3 Å². The van der Waals surface area contributed by atoms with Crippen molar-refractivity contribution in [2.24, 2.45) is 0 Å². The molecule has 1 saturated heterocycles. The topological polar surface area (TPSA) is 113 Å². The Balaban J connectivity index is 0. The van der Waals surface area contributed by atoms with Gasteiger partial charge in [0, 0.05) is 87.9 Å². The number of hydrogen-bond donors (Lipinski definition) is 2. The van der Waals surface area contributed by atoms with Crippen molar-refractivity contribution in [3.05, 3.63) is 0 Å². The quantitative estimate of drug-likeness (QED) is 0.148. The fourth-order valence-corrected chi connectivity index (χ4v) is 3.51. The van der Waals surface area contributed by atoms with Crippen LogP contribution >= 0.6 is 0 Å². The van der Waals surface area contributed by atoms with Crippen LogP contribution in [0.15, 0.2) is 0 Å². The zero-order valence-corrected chi connectivity index (χ0v) is 20.6. The Morgan fingerprint density at radius 2 is 1.12 bits per heavy atom. The molecule has 196 valence electrons. The highest BCUT2D eigenvalue weighted by molar-refractivity contribution is 5.70. The molecule has 0 radical (unpaired) electrons. The maximum absolute atomic E-state index is 11.5. The molecule has 0 bridgehead atoms. The van der Waals surface area contributed by atoms with E-state index in [0.717, 1.165) is 65.4 Å². The fourth-order valence-electron chi connectivity index (χ4n) is 3.51. The van der Waals surface area contributed by atoms with Crippen LogP contribution in [0.1, 0.15) is 22.1 Å². The van der Waals surface area contributed by atoms with Crippen molar-refractivity contribution in [1.82, 2.24) is 25.3 Å². The van der Waals surface area contributed by atoms with Gasteiger partial charge in [0.05, 0.1) is 40.6 Å². The fraction of sp³-hybridized carbons (Fsp3) is 0.864. The Hall–Kier alpha value is -1.79. The zero-order valence-electron chi connectivity index (χ0n) is 20.6. The van der Waals surface area contributed by atoms with E-state index in [9.17, 15) is 14.4 Å². The number of carbonyl (C=O) groups excluding carboxylic acids is 3. The van der Waals surface area contributed by atoms with Crippen molar-refractivity contribution in [1.29, 1.82) is 0 Å². The molecule has 0 aromatic rings. The van der Waals surface area contributed by atoms with Gasteiger partial charge in [-0.15, -0.1) is 0 Å². The molecule has 1 rings (SSSR count). The third-order valence-electron chi connectivity index (χ3n) is 5.73. The van der Waals surface area contributed by atoms with E-state index in [-0.39, 0.29) is 20.8 Å². The van der Waals surface area contributed by atoms with Crippen molar-refractivity contribution >= 4 is 17.9 Å². The minimum Gasteiger partial charge on any atom is -0.469 e. The molecule has 33 heavy (non-hydrogen) atoms. The number of nitrogens with zero attached hydrogens (tertiary/aromatic N) is 3. The van der Waals surface area contributed by atoms with Crippen LogP contribution in [-0.4, -0.2) is 139 Å². The Labute approximate surface area is 201 Å². The highest BCUT2D eigenvalue weighted by atomic mass is 16.5. The van der Waals surface area contributed by atoms with Crippen LogP contribution in [-0.2, 0) is 28.6 Å². The van der Waals surface area contributed by atoms with Gasteiger partial charge in [-0.3, -0.25) is 24.2 Å². The van der Waals surface area contributed by atoms with Crippen LogP contribution in [0.3, 0.4) is 0 Å². The second kappa shape index (κ2) is 18.6. The normalized spacial score (nSPS) is 14.9. The van der Waals surface area contributed by atoms with E-state index >= 15 is 0 Å². The van der Waals surface area contributed by atoms with E-state index in [4.69, 9.17) is 9.47 Å². The van der Waals surface area contributed by atoms with Crippen molar-refractivity contribution in [3.63, 3.8) is 0 Å². The van der Waals surface area contributed by atoms with Gasteiger partial charge in [0.1, 0.15) is 0 Å². The number of piperazine rings is 1. The van der Waals surface area contributed by atoms with Gasteiger partial charge in [-0.05, 0) is 0 Å². The standard InChI is InChI=1S/C22H43N5O6.2H2/c1-31-20(28)4-7-23-8-9-24-10-13-26-15-18-27(19-16-26)17-14-25(11-5-21(29)32-2)12-6-22(30)33-3;;/h23-24H,4-19H2,1-3H3;2*1H. The first kappa shape index (κ1) is 29.2. The second-order valence-corrected chi connectivity index (χ2v) is 8.00. The van der Waals surface area contributed by atoms with Crippen LogP contribution in [0.25, 0.3) is 0 Å². The summed E-state index contributed by atoms with van der Waals surface area (Å²) in [4.78, 5) is 41.0. The Bertz CT molecular complexity index is 548. The SMILES string of the molecule is COC(=O)CCNCCNCCN1CCN(CCN(CCC(=O)OC)CCC(=O)OC)CC1.[HH].[HH]. The van der Waals surface area contributed by atoms with Crippen LogP contribution in [0.5, 0.6) is 0 Å². The minimum atomic E-state index is -0.239.